The highest BCUT2D eigenvalue weighted by Gasteiger charge is 2.30. The maximum absolute atomic E-state index is 5.28. The van der Waals surface area contributed by atoms with Crippen molar-refractivity contribution < 1.29 is 4.74 Å². The van der Waals surface area contributed by atoms with Gasteiger partial charge in [-0.1, -0.05) is 20.8 Å². The van der Waals surface area contributed by atoms with Crippen LogP contribution in [0.2, 0.25) is 0 Å². The zero-order chi connectivity index (χ0) is 13.4. The molecule has 0 unspecified atom stereocenters. The molecule has 1 saturated heterocycles. The summed E-state index contributed by atoms with van der Waals surface area (Å²) in [5.41, 5.74) is 0.488. The summed E-state index contributed by atoms with van der Waals surface area (Å²) >= 11 is 0. The van der Waals surface area contributed by atoms with Gasteiger partial charge in [0.2, 0.25) is 0 Å². The summed E-state index contributed by atoms with van der Waals surface area (Å²) in [6, 6.07) is 0.715. The minimum absolute atomic E-state index is 0.488. The van der Waals surface area contributed by atoms with Crippen LogP contribution in [-0.4, -0.2) is 50.8 Å². The molecule has 0 saturated carbocycles. The van der Waals surface area contributed by atoms with Gasteiger partial charge in [0.05, 0.1) is 6.61 Å². The SMILES string of the molecule is CCC(CC)N(CCOC)CC1(C)CCNCC1. The lowest BCUT2D eigenvalue weighted by Crippen LogP contribution is -2.47. The lowest BCUT2D eigenvalue weighted by atomic mass is 9.80. The van der Waals surface area contributed by atoms with Crippen molar-refractivity contribution in [3.05, 3.63) is 0 Å². The van der Waals surface area contributed by atoms with Gasteiger partial charge in [0.1, 0.15) is 0 Å². The summed E-state index contributed by atoms with van der Waals surface area (Å²) in [5, 5.41) is 3.47. The molecule has 0 aromatic heterocycles. The minimum atomic E-state index is 0.488. The third kappa shape index (κ3) is 4.87. The first-order valence-electron chi connectivity index (χ1n) is 7.59. The quantitative estimate of drug-likeness (QED) is 0.722. The number of hydrogen-bond donors (Lipinski definition) is 1. The fourth-order valence-corrected chi connectivity index (χ4v) is 3.08. The highest BCUT2D eigenvalue weighted by Crippen LogP contribution is 2.30. The lowest BCUT2D eigenvalue weighted by Gasteiger charge is -2.41. The van der Waals surface area contributed by atoms with E-state index < -0.39 is 0 Å². The minimum Gasteiger partial charge on any atom is -0.383 e. The Balaban J connectivity index is 2.57. The van der Waals surface area contributed by atoms with Crippen molar-refractivity contribution in [2.75, 3.05) is 39.9 Å². The van der Waals surface area contributed by atoms with E-state index in [0.29, 0.717) is 11.5 Å². The summed E-state index contributed by atoms with van der Waals surface area (Å²) < 4.78 is 5.28. The summed E-state index contributed by atoms with van der Waals surface area (Å²) in [7, 11) is 1.80. The first kappa shape index (κ1) is 15.9. The van der Waals surface area contributed by atoms with Gasteiger partial charge in [0.25, 0.3) is 0 Å². The van der Waals surface area contributed by atoms with Crippen molar-refractivity contribution in [2.45, 2.75) is 52.5 Å². The monoisotopic (exact) mass is 256 g/mol. The van der Waals surface area contributed by atoms with E-state index in [2.05, 4.69) is 31.0 Å². The van der Waals surface area contributed by atoms with Crippen molar-refractivity contribution in [3.63, 3.8) is 0 Å². The fourth-order valence-electron chi connectivity index (χ4n) is 3.08. The zero-order valence-corrected chi connectivity index (χ0v) is 12.8. The topological polar surface area (TPSA) is 24.5 Å². The molecule has 18 heavy (non-hydrogen) atoms. The molecule has 0 aromatic carbocycles. The average molecular weight is 256 g/mol. The predicted octanol–water partition coefficient (Wildman–Crippen LogP) is 2.51. The second-order valence-electron chi connectivity index (χ2n) is 5.99. The van der Waals surface area contributed by atoms with Crippen LogP contribution in [0.1, 0.15) is 46.5 Å². The second kappa shape index (κ2) is 8.13. The van der Waals surface area contributed by atoms with Crippen molar-refractivity contribution in [3.8, 4) is 0 Å². The molecule has 0 aliphatic carbocycles. The molecule has 0 atom stereocenters. The van der Waals surface area contributed by atoms with Crippen LogP contribution < -0.4 is 5.32 Å². The zero-order valence-electron chi connectivity index (χ0n) is 12.8. The molecular formula is C15H32N2O. The van der Waals surface area contributed by atoms with E-state index in [4.69, 9.17) is 4.74 Å². The maximum atomic E-state index is 5.28. The van der Waals surface area contributed by atoms with Crippen LogP contribution in [0.4, 0.5) is 0 Å². The van der Waals surface area contributed by atoms with Crippen LogP contribution in [0.25, 0.3) is 0 Å². The van der Waals surface area contributed by atoms with E-state index in [1.54, 1.807) is 7.11 Å². The van der Waals surface area contributed by atoms with Gasteiger partial charge in [-0.05, 0) is 44.2 Å². The van der Waals surface area contributed by atoms with E-state index >= 15 is 0 Å². The number of methoxy groups -OCH3 is 1. The molecule has 1 aliphatic rings. The van der Waals surface area contributed by atoms with Gasteiger partial charge < -0.3 is 10.1 Å². The molecule has 1 rings (SSSR count). The molecule has 3 nitrogen and oxygen atoms in total. The van der Waals surface area contributed by atoms with Gasteiger partial charge in [-0.3, -0.25) is 4.90 Å². The Morgan fingerprint density at radius 3 is 2.33 bits per heavy atom. The van der Waals surface area contributed by atoms with E-state index in [1.165, 1.54) is 45.3 Å². The van der Waals surface area contributed by atoms with Crippen molar-refractivity contribution in [2.24, 2.45) is 5.41 Å². The molecule has 108 valence electrons. The third-order valence-corrected chi connectivity index (χ3v) is 4.44. The number of nitrogens with zero attached hydrogens (tertiary/aromatic N) is 1. The molecule has 3 heteroatoms. The Morgan fingerprint density at radius 2 is 1.83 bits per heavy atom. The van der Waals surface area contributed by atoms with Crippen LogP contribution in [0.5, 0.6) is 0 Å². The smallest absolute Gasteiger partial charge is 0.0589 e. The fraction of sp³-hybridized carbons (Fsp3) is 1.00. The lowest BCUT2D eigenvalue weighted by molar-refractivity contribution is 0.0627. The van der Waals surface area contributed by atoms with Gasteiger partial charge in [0.15, 0.2) is 0 Å². The molecule has 0 bridgehead atoms. The number of ether oxygens (including phenoxy) is 1. The first-order chi connectivity index (χ1) is 8.65. The highest BCUT2D eigenvalue weighted by atomic mass is 16.5. The summed E-state index contributed by atoms with van der Waals surface area (Å²) in [6.45, 7) is 12.6. The molecule has 1 heterocycles. The molecular weight excluding hydrogens is 224 g/mol. The van der Waals surface area contributed by atoms with E-state index in [0.717, 1.165) is 13.2 Å². The maximum Gasteiger partial charge on any atom is 0.0589 e. The van der Waals surface area contributed by atoms with Crippen LogP contribution in [0, 0.1) is 5.41 Å². The van der Waals surface area contributed by atoms with Crippen molar-refractivity contribution in [1.29, 1.82) is 0 Å². The Bertz CT molecular complexity index is 211. The Labute approximate surface area is 113 Å². The van der Waals surface area contributed by atoms with Crippen LogP contribution in [-0.2, 0) is 4.74 Å². The predicted molar refractivity (Wildman–Crippen MR) is 78.0 cm³/mol. The summed E-state index contributed by atoms with van der Waals surface area (Å²) in [5.74, 6) is 0. The average Bonchev–Trinajstić information content (AvgIpc) is 2.37. The number of piperidine rings is 1. The molecule has 0 aromatic rings. The van der Waals surface area contributed by atoms with Gasteiger partial charge >= 0.3 is 0 Å². The first-order valence-corrected chi connectivity index (χ1v) is 7.59. The third-order valence-electron chi connectivity index (χ3n) is 4.44. The summed E-state index contributed by atoms with van der Waals surface area (Å²) in [4.78, 5) is 2.66. The second-order valence-corrected chi connectivity index (χ2v) is 5.99. The Hall–Kier alpha value is -0.120. The van der Waals surface area contributed by atoms with Crippen LogP contribution in [0.15, 0.2) is 0 Å². The van der Waals surface area contributed by atoms with E-state index in [9.17, 15) is 0 Å². The number of rotatable bonds is 8. The molecule has 0 radical (unpaired) electrons. The van der Waals surface area contributed by atoms with E-state index in [1.807, 2.05) is 0 Å². The molecule has 1 aliphatic heterocycles. The van der Waals surface area contributed by atoms with Gasteiger partial charge in [-0.2, -0.15) is 0 Å². The van der Waals surface area contributed by atoms with Gasteiger partial charge in [-0.25, -0.2) is 0 Å². The van der Waals surface area contributed by atoms with Crippen LogP contribution in [0.3, 0.4) is 0 Å². The summed E-state index contributed by atoms with van der Waals surface area (Å²) in [6.07, 6.45) is 5.09. The molecule has 1 fully saturated rings. The number of hydrogen-bond acceptors (Lipinski definition) is 3. The van der Waals surface area contributed by atoms with E-state index in [-0.39, 0.29) is 0 Å². The van der Waals surface area contributed by atoms with Crippen molar-refractivity contribution in [1.82, 2.24) is 10.2 Å². The van der Waals surface area contributed by atoms with Gasteiger partial charge in [-0.15, -0.1) is 0 Å². The largest absolute Gasteiger partial charge is 0.383 e. The molecule has 0 spiro atoms. The number of nitrogens with one attached hydrogen (secondary N) is 1. The van der Waals surface area contributed by atoms with Gasteiger partial charge in [0, 0.05) is 26.2 Å². The Morgan fingerprint density at radius 1 is 1.22 bits per heavy atom. The van der Waals surface area contributed by atoms with Crippen LogP contribution >= 0.6 is 0 Å². The molecule has 1 N–H and O–H groups in total. The normalized spacial score (nSPS) is 19.7. The molecule has 0 amide bonds. The Kier molecular flexibility index (Phi) is 7.20. The standard InChI is InChI=1S/C15H32N2O/c1-5-14(6-2)17(11-12-18-4)13-15(3)7-9-16-10-8-15/h14,16H,5-13H2,1-4H3. The highest BCUT2D eigenvalue weighted by molar-refractivity contribution is 4.85. The van der Waals surface area contributed by atoms with Crippen molar-refractivity contribution >= 4 is 0 Å².